The van der Waals surface area contributed by atoms with Crippen molar-refractivity contribution >= 4 is 0 Å². The third kappa shape index (κ3) is 7.34. The summed E-state index contributed by atoms with van der Waals surface area (Å²) in [5.74, 6) is 1.70. The minimum absolute atomic E-state index is 0.554. The summed E-state index contributed by atoms with van der Waals surface area (Å²) in [4.78, 5) is 0. The van der Waals surface area contributed by atoms with Gasteiger partial charge in [0.1, 0.15) is 18.1 Å². The monoisotopic (exact) mass is 295 g/mol. The number of unbranched alkanes of at least 4 members (excludes halogenated alkanes) is 1. The Kier molecular flexibility index (Phi) is 9.66. The number of hydrogen-bond donors (Lipinski definition) is 1. The lowest BCUT2D eigenvalue weighted by atomic mass is 10.1. The molecule has 2 N–H and O–H groups in total. The van der Waals surface area contributed by atoms with Gasteiger partial charge in [0.2, 0.25) is 0 Å². The SMILES string of the molecule is CCCCOCCOc1cc(OCCC)ccc1CCN. The molecular formula is C17H29NO3. The molecule has 0 aromatic heterocycles. The second kappa shape index (κ2) is 11.4. The third-order valence-electron chi connectivity index (χ3n) is 3.05. The average molecular weight is 295 g/mol. The van der Waals surface area contributed by atoms with Crippen LogP contribution in [-0.2, 0) is 11.2 Å². The Morgan fingerprint density at radius 3 is 2.52 bits per heavy atom. The second-order valence-corrected chi connectivity index (χ2v) is 4.97. The number of rotatable bonds is 12. The van der Waals surface area contributed by atoms with E-state index in [1.807, 2.05) is 18.2 Å². The van der Waals surface area contributed by atoms with Crippen molar-refractivity contribution in [3.05, 3.63) is 23.8 Å². The van der Waals surface area contributed by atoms with Crippen LogP contribution in [0.5, 0.6) is 11.5 Å². The molecule has 1 aromatic rings. The van der Waals surface area contributed by atoms with Crippen LogP contribution in [0.25, 0.3) is 0 Å². The molecule has 0 saturated carbocycles. The van der Waals surface area contributed by atoms with Gasteiger partial charge in [-0.05, 0) is 37.4 Å². The molecule has 0 amide bonds. The van der Waals surface area contributed by atoms with Gasteiger partial charge in [-0.3, -0.25) is 0 Å². The van der Waals surface area contributed by atoms with Crippen molar-refractivity contribution in [1.29, 1.82) is 0 Å². The Labute approximate surface area is 128 Å². The van der Waals surface area contributed by atoms with Crippen molar-refractivity contribution in [3.8, 4) is 11.5 Å². The van der Waals surface area contributed by atoms with Crippen molar-refractivity contribution in [2.24, 2.45) is 5.73 Å². The Balaban J connectivity index is 2.50. The normalized spacial score (nSPS) is 10.6. The maximum absolute atomic E-state index is 5.83. The van der Waals surface area contributed by atoms with Gasteiger partial charge in [0.25, 0.3) is 0 Å². The Morgan fingerprint density at radius 1 is 0.952 bits per heavy atom. The van der Waals surface area contributed by atoms with Crippen molar-refractivity contribution in [3.63, 3.8) is 0 Å². The summed E-state index contributed by atoms with van der Waals surface area (Å²) in [6.45, 7) is 7.54. The molecule has 4 heteroatoms. The molecule has 0 bridgehead atoms. The molecule has 4 nitrogen and oxygen atoms in total. The maximum atomic E-state index is 5.83. The predicted octanol–water partition coefficient (Wildman–Crippen LogP) is 3.17. The summed E-state index contributed by atoms with van der Waals surface area (Å²) >= 11 is 0. The van der Waals surface area contributed by atoms with E-state index in [1.165, 1.54) is 0 Å². The molecule has 21 heavy (non-hydrogen) atoms. The molecule has 0 aliphatic rings. The van der Waals surface area contributed by atoms with Gasteiger partial charge in [-0.2, -0.15) is 0 Å². The highest BCUT2D eigenvalue weighted by molar-refractivity contribution is 5.41. The lowest BCUT2D eigenvalue weighted by molar-refractivity contribution is 0.0976. The summed E-state index contributed by atoms with van der Waals surface area (Å²) in [7, 11) is 0. The lowest BCUT2D eigenvalue weighted by Gasteiger charge is -2.13. The molecule has 0 aliphatic heterocycles. The summed E-state index contributed by atoms with van der Waals surface area (Å²) in [6, 6.07) is 5.96. The van der Waals surface area contributed by atoms with Crippen LogP contribution in [-0.4, -0.2) is 33.0 Å². The molecule has 0 atom stereocenters. The van der Waals surface area contributed by atoms with Crippen LogP contribution in [0.15, 0.2) is 18.2 Å². The van der Waals surface area contributed by atoms with Gasteiger partial charge < -0.3 is 19.9 Å². The molecule has 1 aromatic carbocycles. The van der Waals surface area contributed by atoms with E-state index in [4.69, 9.17) is 19.9 Å². The highest BCUT2D eigenvalue weighted by Crippen LogP contribution is 2.25. The van der Waals surface area contributed by atoms with E-state index in [1.54, 1.807) is 0 Å². The first-order valence-corrected chi connectivity index (χ1v) is 7.98. The highest BCUT2D eigenvalue weighted by Gasteiger charge is 2.06. The molecule has 0 radical (unpaired) electrons. The summed E-state index contributed by atoms with van der Waals surface area (Å²) in [6.07, 6.45) is 4.04. The van der Waals surface area contributed by atoms with Gasteiger partial charge in [-0.15, -0.1) is 0 Å². The Hall–Kier alpha value is -1.26. The molecule has 0 heterocycles. The second-order valence-electron chi connectivity index (χ2n) is 4.97. The summed E-state index contributed by atoms with van der Waals surface area (Å²) in [5, 5.41) is 0. The zero-order valence-corrected chi connectivity index (χ0v) is 13.4. The standard InChI is InChI=1S/C17H29NO3/c1-3-5-11-19-12-13-21-17-14-16(20-10-4-2)7-6-15(17)8-9-18/h6-7,14H,3-5,8-13,18H2,1-2H3. The fourth-order valence-corrected chi connectivity index (χ4v) is 1.90. The van der Waals surface area contributed by atoms with Crippen LogP contribution >= 0.6 is 0 Å². The van der Waals surface area contributed by atoms with E-state index in [2.05, 4.69) is 13.8 Å². The Morgan fingerprint density at radius 2 is 1.81 bits per heavy atom. The van der Waals surface area contributed by atoms with Gasteiger partial charge in [-0.1, -0.05) is 26.3 Å². The molecule has 120 valence electrons. The molecule has 0 aliphatic carbocycles. The molecule has 0 unspecified atom stereocenters. The van der Waals surface area contributed by atoms with E-state index >= 15 is 0 Å². The van der Waals surface area contributed by atoms with Crippen LogP contribution in [0.4, 0.5) is 0 Å². The minimum atomic E-state index is 0.554. The van der Waals surface area contributed by atoms with E-state index in [9.17, 15) is 0 Å². The van der Waals surface area contributed by atoms with E-state index in [-0.39, 0.29) is 0 Å². The zero-order valence-electron chi connectivity index (χ0n) is 13.4. The van der Waals surface area contributed by atoms with Gasteiger partial charge in [0, 0.05) is 12.7 Å². The van der Waals surface area contributed by atoms with Crippen molar-refractivity contribution < 1.29 is 14.2 Å². The molecular weight excluding hydrogens is 266 g/mol. The fourth-order valence-electron chi connectivity index (χ4n) is 1.90. The van der Waals surface area contributed by atoms with Crippen LogP contribution in [0.3, 0.4) is 0 Å². The van der Waals surface area contributed by atoms with Crippen LogP contribution in [0, 0.1) is 0 Å². The predicted molar refractivity (Wildman–Crippen MR) is 86.2 cm³/mol. The summed E-state index contributed by atoms with van der Waals surface area (Å²) in [5.41, 5.74) is 6.77. The van der Waals surface area contributed by atoms with Crippen molar-refractivity contribution in [2.45, 2.75) is 39.5 Å². The zero-order chi connectivity index (χ0) is 15.3. The fraction of sp³-hybridized carbons (Fsp3) is 0.647. The Bertz CT molecular complexity index is 382. The topological polar surface area (TPSA) is 53.7 Å². The number of nitrogens with two attached hydrogens (primary N) is 1. The third-order valence-corrected chi connectivity index (χ3v) is 3.05. The minimum Gasteiger partial charge on any atom is -0.493 e. The smallest absolute Gasteiger partial charge is 0.126 e. The van der Waals surface area contributed by atoms with E-state index in [0.29, 0.717) is 19.8 Å². The van der Waals surface area contributed by atoms with E-state index < -0.39 is 0 Å². The van der Waals surface area contributed by atoms with Crippen molar-refractivity contribution in [2.75, 3.05) is 33.0 Å². The van der Waals surface area contributed by atoms with Gasteiger partial charge in [-0.25, -0.2) is 0 Å². The lowest BCUT2D eigenvalue weighted by Crippen LogP contribution is -2.10. The number of benzene rings is 1. The van der Waals surface area contributed by atoms with Crippen molar-refractivity contribution in [1.82, 2.24) is 0 Å². The maximum Gasteiger partial charge on any atom is 0.126 e. The number of hydrogen-bond acceptors (Lipinski definition) is 4. The number of ether oxygens (including phenoxy) is 3. The highest BCUT2D eigenvalue weighted by atomic mass is 16.5. The molecule has 0 spiro atoms. The van der Waals surface area contributed by atoms with Gasteiger partial charge in [0.15, 0.2) is 0 Å². The van der Waals surface area contributed by atoms with E-state index in [0.717, 1.165) is 56.0 Å². The first-order chi connectivity index (χ1) is 10.3. The average Bonchev–Trinajstić information content (AvgIpc) is 2.50. The van der Waals surface area contributed by atoms with Crippen LogP contribution in [0.1, 0.15) is 38.7 Å². The molecule has 1 rings (SSSR count). The molecule has 0 saturated heterocycles. The van der Waals surface area contributed by atoms with Crippen LogP contribution in [0.2, 0.25) is 0 Å². The quantitative estimate of drug-likeness (QED) is 0.602. The largest absolute Gasteiger partial charge is 0.493 e. The first kappa shape index (κ1) is 17.8. The van der Waals surface area contributed by atoms with Gasteiger partial charge in [0.05, 0.1) is 13.2 Å². The summed E-state index contributed by atoms with van der Waals surface area (Å²) < 4.78 is 17.0. The molecule has 0 fully saturated rings. The van der Waals surface area contributed by atoms with Crippen LogP contribution < -0.4 is 15.2 Å². The first-order valence-electron chi connectivity index (χ1n) is 7.98. The van der Waals surface area contributed by atoms with Gasteiger partial charge >= 0.3 is 0 Å².